The van der Waals surface area contributed by atoms with Gasteiger partial charge in [-0.15, -0.1) is 11.6 Å². The van der Waals surface area contributed by atoms with Crippen molar-refractivity contribution in [3.63, 3.8) is 0 Å². The maximum Gasteiger partial charge on any atom is 0.0377 e. The molecule has 1 unspecified atom stereocenters. The molecule has 11 heavy (non-hydrogen) atoms. The third-order valence-corrected chi connectivity index (χ3v) is 2.51. The monoisotopic (exact) mass is 177 g/mol. The maximum atomic E-state index is 5.76. The van der Waals surface area contributed by atoms with Crippen molar-refractivity contribution >= 4 is 11.6 Å². The van der Waals surface area contributed by atoms with E-state index in [1.54, 1.807) is 0 Å². The standard InChI is InChI=1S/C9H20ClN/c1-4-8(5-2)11-9(6-3)7-10/h8-9,11H,4-7H2,1-3H3. The van der Waals surface area contributed by atoms with Crippen LogP contribution in [0, 0.1) is 0 Å². The van der Waals surface area contributed by atoms with Gasteiger partial charge in [-0.1, -0.05) is 20.8 Å². The Hall–Kier alpha value is 0.250. The molecule has 0 aromatic rings. The van der Waals surface area contributed by atoms with Gasteiger partial charge in [0.2, 0.25) is 0 Å². The summed E-state index contributed by atoms with van der Waals surface area (Å²) in [6.45, 7) is 6.59. The Bertz CT molecular complexity index is 67.6. The van der Waals surface area contributed by atoms with E-state index in [9.17, 15) is 0 Å². The number of rotatable bonds is 6. The van der Waals surface area contributed by atoms with Gasteiger partial charge in [-0.2, -0.15) is 0 Å². The summed E-state index contributed by atoms with van der Waals surface area (Å²) in [6.07, 6.45) is 3.52. The van der Waals surface area contributed by atoms with Gasteiger partial charge in [-0.25, -0.2) is 0 Å². The Morgan fingerprint density at radius 1 is 1.00 bits per heavy atom. The van der Waals surface area contributed by atoms with Gasteiger partial charge in [0.1, 0.15) is 0 Å². The predicted octanol–water partition coefficient (Wildman–Crippen LogP) is 2.78. The molecule has 68 valence electrons. The summed E-state index contributed by atoms with van der Waals surface area (Å²) in [7, 11) is 0. The SMILES string of the molecule is CCC(CC)NC(CC)CCl. The summed E-state index contributed by atoms with van der Waals surface area (Å²) in [5, 5.41) is 3.52. The first kappa shape index (κ1) is 11.2. The minimum absolute atomic E-state index is 0.501. The summed E-state index contributed by atoms with van der Waals surface area (Å²) in [5.74, 6) is 0.729. The molecule has 0 fully saturated rings. The Morgan fingerprint density at radius 2 is 1.45 bits per heavy atom. The summed E-state index contributed by atoms with van der Waals surface area (Å²) >= 11 is 5.76. The van der Waals surface area contributed by atoms with Crippen LogP contribution in [0.4, 0.5) is 0 Å². The Balaban J connectivity index is 3.58. The molecule has 0 amide bonds. The normalized spacial score (nSPS) is 13.9. The summed E-state index contributed by atoms with van der Waals surface area (Å²) in [5.41, 5.74) is 0. The first-order chi connectivity index (χ1) is 5.28. The van der Waals surface area contributed by atoms with Crippen LogP contribution in [0.15, 0.2) is 0 Å². The first-order valence-corrected chi connectivity index (χ1v) is 5.13. The van der Waals surface area contributed by atoms with E-state index in [-0.39, 0.29) is 0 Å². The van der Waals surface area contributed by atoms with Gasteiger partial charge in [-0.05, 0) is 19.3 Å². The minimum Gasteiger partial charge on any atom is -0.310 e. The molecule has 0 bridgehead atoms. The topological polar surface area (TPSA) is 12.0 Å². The molecule has 0 aliphatic heterocycles. The molecular formula is C9H20ClN. The zero-order valence-corrected chi connectivity index (χ0v) is 8.62. The summed E-state index contributed by atoms with van der Waals surface area (Å²) in [6, 6.07) is 1.15. The van der Waals surface area contributed by atoms with Crippen molar-refractivity contribution in [1.29, 1.82) is 0 Å². The molecule has 0 saturated carbocycles. The van der Waals surface area contributed by atoms with Crippen molar-refractivity contribution in [3.05, 3.63) is 0 Å². The molecule has 0 aromatic heterocycles. The highest BCUT2D eigenvalue weighted by molar-refractivity contribution is 6.18. The molecule has 1 N–H and O–H groups in total. The van der Waals surface area contributed by atoms with E-state index in [1.807, 2.05) is 0 Å². The van der Waals surface area contributed by atoms with Crippen molar-refractivity contribution in [2.75, 3.05) is 5.88 Å². The first-order valence-electron chi connectivity index (χ1n) is 4.60. The van der Waals surface area contributed by atoms with Crippen molar-refractivity contribution in [2.45, 2.75) is 52.1 Å². The van der Waals surface area contributed by atoms with Gasteiger partial charge in [0.15, 0.2) is 0 Å². The van der Waals surface area contributed by atoms with Gasteiger partial charge in [0.25, 0.3) is 0 Å². The average Bonchev–Trinajstić information content (AvgIpc) is 2.07. The molecule has 0 radical (unpaired) electrons. The fraction of sp³-hybridized carbons (Fsp3) is 1.00. The molecule has 2 heteroatoms. The van der Waals surface area contributed by atoms with Gasteiger partial charge in [-0.3, -0.25) is 0 Å². The van der Waals surface area contributed by atoms with Gasteiger partial charge >= 0.3 is 0 Å². The lowest BCUT2D eigenvalue weighted by Gasteiger charge is -2.21. The van der Waals surface area contributed by atoms with Crippen molar-refractivity contribution in [1.82, 2.24) is 5.32 Å². The molecule has 0 rings (SSSR count). The van der Waals surface area contributed by atoms with E-state index in [0.717, 1.165) is 12.3 Å². The third kappa shape index (κ3) is 4.65. The molecule has 0 aliphatic carbocycles. The van der Waals surface area contributed by atoms with Crippen LogP contribution in [0.3, 0.4) is 0 Å². The highest BCUT2D eigenvalue weighted by atomic mass is 35.5. The quantitative estimate of drug-likeness (QED) is 0.616. The van der Waals surface area contributed by atoms with Gasteiger partial charge in [0.05, 0.1) is 0 Å². The van der Waals surface area contributed by atoms with Crippen LogP contribution >= 0.6 is 11.6 Å². The van der Waals surface area contributed by atoms with E-state index in [1.165, 1.54) is 12.8 Å². The van der Waals surface area contributed by atoms with Gasteiger partial charge in [0, 0.05) is 18.0 Å². The van der Waals surface area contributed by atoms with Crippen molar-refractivity contribution in [3.8, 4) is 0 Å². The van der Waals surface area contributed by atoms with Crippen molar-refractivity contribution < 1.29 is 0 Å². The van der Waals surface area contributed by atoms with Crippen LogP contribution in [0.2, 0.25) is 0 Å². The van der Waals surface area contributed by atoms with E-state index in [2.05, 4.69) is 26.1 Å². The number of alkyl halides is 1. The Kier molecular flexibility index (Phi) is 7.09. The Labute approximate surface area is 75.5 Å². The second kappa shape index (κ2) is 6.93. The van der Waals surface area contributed by atoms with Crippen LogP contribution in [-0.2, 0) is 0 Å². The molecule has 0 aromatic carbocycles. The van der Waals surface area contributed by atoms with Crippen LogP contribution in [0.5, 0.6) is 0 Å². The lowest BCUT2D eigenvalue weighted by atomic mass is 10.1. The zero-order chi connectivity index (χ0) is 8.69. The largest absolute Gasteiger partial charge is 0.310 e. The molecular weight excluding hydrogens is 158 g/mol. The Morgan fingerprint density at radius 3 is 1.73 bits per heavy atom. The van der Waals surface area contributed by atoms with E-state index < -0.39 is 0 Å². The molecule has 1 atom stereocenters. The maximum absolute atomic E-state index is 5.76. The zero-order valence-electron chi connectivity index (χ0n) is 7.86. The molecule has 0 heterocycles. The predicted molar refractivity (Wildman–Crippen MR) is 52.3 cm³/mol. The third-order valence-electron chi connectivity index (χ3n) is 2.14. The van der Waals surface area contributed by atoms with Crippen LogP contribution in [-0.4, -0.2) is 18.0 Å². The molecule has 0 aliphatic rings. The average molecular weight is 178 g/mol. The highest BCUT2D eigenvalue weighted by Crippen LogP contribution is 2.01. The van der Waals surface area contributed by atoms with Gasteiger partial charge < -0.3 is 5.32 Å². The summed E-state index contributed by atoms with van der Waals surface area (Å²) < 4.78 is 0. The molecule has 0 saturated heterocycles. The molecule has 0 spiro atoms. The van der Waals surface area contributed by atoms with Crippen molar-refractivity contribution in [2.24, 2.45) is 0 Å². The lowest BCUT2D eigenvalue weighted by molar-refractivity contribution is 0.420. The van der Waals surface area contributed by atoms with E-state index >= 15 is 0 Å². The van der Waals surface area contributed by atoms with Crippen LogP contribution < -0.4 is 5.32 Å². The lowest BCUT2D eigenvalue weighted by Crippen LogP contribution is -2.38. The molecule has 1 nitrogen and oxygen atoms in total. The second-order valence-electron chi connectivity index (χ2n) is 2.94. The number of hydrogen-bond donors (Lipinski definition) is 1. The minimum atomic E-state index is 0.501. The second-order valence-corrected chi connectivity index (χ2v) is 3.25. The van der Waals surface area contributed by atoms with E-state index in [0.29, 0.717) is 12.1 Å². The van der Waals surface area contributed by atoms with Crippen LogP contribution in [0.25, 0.3) is 0 Å². The fourth-order valence-electron chi connectivity index (χ4n) is 1.13. The fourth-order valence-corrected chi connectivity index (χ4v) is 1.44. The summed E-state index contributed by atoms with van der Waals surface area (Å²) in [4.78, 5) is 0. The van der Waals surface area contributed by atoms with E-state index in [4.69, 9.17) is 11.6 Å². The van der Waals surface area contributed by atoms with Crippen LogP contribution in [0.1, 0.15) is 40.0 Å². The number of nitrogens with one attached hydrogen (secondary N) is 1. The smallest absolute Gasteiger partial charge is 0.0377 e. The number of halogens is 1. The number of hydrogen-bond acceptors (Lipinski definition) is 1. The highest BCUT2D eigenvalue weighted by Gasteiger charge is 2.08.